The summed E-state index contributed by atoms with van der Waals surface area (Å²) in [4.78, 5) is 12.4. The zero-order valence-corrected chi connectivity index (χ0v) is 12.7. The number of ether oxygens (including phenoxy) is 2. The SMILES string of the molecule is O=C(Nc1ccnn1Cc1ccco1)[C@@H]1COc2ccccc2O1. The first-order valence-corrected chi connectivity index (χ1v) is 7.53. The summed E-state index contributed by atoms with van der Waals surface area (Å²) in [6.45, 7) is 0.593. The van der Waals surface area contributed by atoms with E-state index < -0.39 is 6.10 Å². The summed E-state index contributed by atoms with van der Waals surface area (Å²) in [6, 6.07) is 12.6. The highest BCUT2D eigenvalue weighted by Gasteiger charge is 2.27. The number of para-hydroxylation sites is 2. The van der Waals surface area contributed by atoms with Crippen LogP contribution in [-0.2, 0) is 11.3 Å². The van der Waals surface area contributed by atoms with E-state index in [4.69, 9.17) is 13.9 Å². The van der Waals surface area contributed by atoms with Gasteiger partial charge in [-0.3, -0.25) is 4.79 Å². The maximum Gasteiger partial charge on any atom is 0.270 e. The van der Waals surface area contributed by atoms with E-state index in [-0.39, 0.29) is 12.5 Å². The monoisotopic (exact) mass is 325 g/mol. The molecule has 0 aliphatic carbocycles. The maximum atomic E-state index is 12.4. The Morgan fingerprint density at radius 3 is 2.92 bits per heavy atom. The van der Waals surface area contributed by atoms with E-state index in [1.807, 2.05) is 30.3 Å². The first-order chi connectivity index (χ1) is 11.8. The van der Waals surface area contributed by atoms with Crippen LogP contribution in [0.15, 0.2) is 59.3 Å². The van der Waals surface area contributed by atoms with E-state index in [1.165, 1.54) is 0 Å². The molecular weight excluding hydrogens is 310 g/mol. The highest BCUT2D eigenvalue weighted by atomic mass is 16.6. The van der Waals surface area contributed by atoms with Crippen LogP contribution in [0, 0.1) is 0 Å². The van der Waals surface area contributed by atoms with Crippen molar-refractivity contribution in [1.29, 1.82) is 0 Å². The number of carbonyl (C=O) groups is 1. The second kappa shape index (κ2) is 6.11. The molecule has 0 unspecified atom stereocenters. The number of anilines is 1. The van der Waals surface area contributed by atoms with Gasteiger partial charge in [-0.15, -0.1) is 0 Å². The summed E-state index contributed by atoms with van der Waals surface area (Å²) < 4.78 is 18.2. The van der Waals surface area contributed by atoms with E-state index >= 15 is 0 Å². The lowest BCUT2D eigenvalue weighted by atomic mass is 10.2. The number of hydrogen-bond acceptors (Lipinski definition) is 5. The normalized spacial score (nSPS) is 15.9. The summed E-state index contributed by atoms with van der Waals surface area (Å²) in [6.07, 6.45) is 2.50. The molecular formula is C17H15N3O4. The van der Waals surface area contributed by atoms with Crippen molar-refractivity contribution in [2.45, 2.75) is 12.6 Å². The first kappa shape index (κ1) is 14.4. The van der Waals surface area contributed by atoms with Crippen LogP contribution >= 0.6 is 0 Å². The van der Waals surface area contributed by atoms with Crippen molar-refractivity contribution in [3.63, 3.8) is 0 Å². The zero-order valence-electron chi connectivity index (χ0n) is 12.7. The molecule has 4 rings (SSSR count). The van der Waals surface area contributed by atoms with Crippen molar-refractivity contribution in [1.82, 2.24) is 9.78 Å². The Morgan fingerprint density at radius 1 is 1.21 bits per heavy atom. The number of nitrogens with zero attached hydrogens (tertiary/aromatic N) is 2. The van der Waals surface area contributed by atoms with Gasteiger partial charge < -0.3 is 19.2 Å². The molecule has 0 saturated heterocycles. The van der Waals surface area contributed by atoms with Crippen LogP contribution < -0.4 is 14.8 Å². The standard InChI is InChI=1S/C17H15N3O4/c21-17(15-11-23-13-5-1-2-6-14(13)24-15)19-16-7-8-18-20(16)10-12-4-3-9-22-12/h1-9,15H,10-11H2,(H,19,21)/t15-/m0/s1. The fraction of sp³-hybridized carbons (Fsp3) is 0.176. The molecule has 122 valence electrons. The molecule has 3 aromatic rings. The number of furan rings is 1. The van der Waals surface area contributed by atoms with Crippen molar-refractivity contribution in [2.24, 2.45) is 0 Å². The lowest BCUT2D eigenvalue weighted by molar-refractivity contribution is -0.125. The lowest BCUT2D eigenvalue weighted by Gasteiger charge is -2.25. The number of benzene rings is 1. The Bertz CT molecular complexity index is 841. The Morgan fingerprint density at radius 2 is 2.08 bits per heavy atom. The molecule has 0 bridgehead atoms. The minimum absolute atomic E-state index is 0.162. The van der Waals surface area contributed by atoms with Gasteiger partial charge in [0, 0.05) is 6.07 Å². The fourth-order valence-electron chi connectivity index (χ4n) is 2.47. The van der Waals surface area contributed by atoms with Gasteiger partial charge in [0.2, 0.25) is 6.10 Å². The molecule has 1 N–H and O–H groups in total. The number of hydrogen-bond donors (Lipinski definition) is 1. The summed E-state index contributed by atoms with van der Waals surface area (Å²) in [5.41, 5.74) is 0. The summed E-state index contributed by atoms with van der Waals surface area (Å²) >= 11 is 0. The third-order valence-electron chi connectivity index (χ3n) is 3.65. The topological polar surface area (TPSA) is 78.5 Å². The van der Waals surface area contributed by atoms with Gasteiger partial charge in [0.25, 0.3) is 5.91 Å². The largest absolute Gasteiger partial charge is 0.485 e. The smallest absolute Gasteiger partial charge is 0.270 e. The molecule has 7 heteroatoms. The number of fused-ring (bicyclic) bond motifs is 1. The quantitative estimate of drug-likeness (QED) is 0.796. The Kier molecular flexibility index (Phi) is 3.66. The van der Waals surface area contributed by atoms with Crippen LogP contribution in [0.5, 0.6) is 11.5 Å². The Labute approximate surface area is 137 Å². The Hall–Kier alpha value is -3.22. The average molecular weight is 325 g/mol. The van der Waals surface area contributed by atoms with E-state index in [2.05, 4.69) is 10.4 Å². The van der Waals surface area contributed by atoms with Gasteiger partial charge in [-0.25, -0.2) is 4.68 Å². The second-order valence-corrected chi connectivity index (χ2v) is 5.31. The van der Waals surface area contributed by atoms with Crippen LogP contribution in [0.2, 0.25) is 0 Å². The predicted octanol–water partition coefficient (Wildman–Crippen LogP) is 2.30. The molecule has 0 saturated carbocycles. The average Bonchev–Trinajstić information content (AvgIpc) is 3.27. The second-order valence-electron chi connectivity index (χ2n) is 5.31. The van der Waals surface area contributed by atoms with Gasteiger partial charge >= 0.3 is 0 Å². The van der Waals surface area contributed by atoms with E-state index in [1.54, 1.807) is 29.3 Å². The van der Waals surface area contributed by atoms with Gasteiger partial charge in [0.15, 0.2) is 11.5 Å². The van der Waals surface area contributed by atoms with E-state index in [0.29, 0.717) is 23.9 Å². The molecule has 24 heavy (non-hydrogen) atoms. The number of rotatable bonds is 4. The van der Waals surface area contributed by atoms with Crippen molar-refractivity contribution >= 4 is 11.7 Å². The number of carbonyl (C=O) groups excluding carboxylic acids is 1. The molecule has 0 spiro atoms. The highest BCUT2D eigenvalue weighted by molar-refractivity contribution is 5.94. The van der Waals surface area contributed by atoms with Crippen LogP contribution in [0.4, 0.5) is 5.82 Å². The first-order valence-electron chi connectivity index (χ1n) is 7.53. The van der Waals surface area contributed by atoms with Crippen LogP contribution in [0.1, 0.15) is 5.76 Å². The van der Waals surface area contributed by atoms with Crippen LogP contribution in [0.3, 0.4) is 0 Å². The number of amides is 1. The van der Waals surface area contributed by atoms with Crippen molar-refractivity contribution in [3.8, 4) is 11.5 Å². The van der Waals surface area contributed by atoms with Crippen molar-refractivity contribution in [3.05, 3.63) is 60.7 Å². The van der Waals surface area contributed by atoms with Crippen LogP contribution in [-0.4, -0.2) is 28.4 Å². The van der Waals surface area contributed by atoms with Crippen molar-refractivity contribution < 1.29 is 18.7 Å². The molecule has 0 radical (unpaired) electrons. The molecule has 0 fully saturated rings. The maximum absolute atomic E-state index is 12.4. The highest BCUT2D eigenvalue weighted by Crippen LogP contribution is 2.31. The van der Waals surface area contributed by atoms with Gasteiger partial charge in [-0.2, -0.15) is 5.10 Å². The summed E-state index contributed by atoms with van der Waals surface area (Å²) in [5, 5.41) is 7.01. The number of aromatic nitrogens is 2. The zero-order chi connectivity index (χ0) is 16.4. The molecule has 7 nitrogen and oxygen atoms in total. The van der Waals surface area contributed by atoms with Crippen molar-refractivity contribution in [2.75, 3.05) is 11.9 Å². The van der Waals surface area contributed by atoms with Gasteiger partial charge in [0.1, 0.15) is 24.7 Å². The molecule has 1 amide bonds. The number of nitrogens with one attached hydrogen (secondary N) is 1. The third kappa shape index (κ3) is 2.83. The van der Waals surface area contributed by atoms with E-state index in [9.17, 15) is 4.79 Å². The molecule has 2 aromatic heterocycles. The molecule has 1 aliphatic heterocycles. The molecule has 3 heterocycles. The van der Waals surface area contributed by atoms with Gasteiger partial charge in [-0.1, -0.05) is 12.1 Å². The summed E-state index contributed by atoms with van der Waals surface area (Å²) in [5.74, 6) is 2.24. The third-order valence-corrected chi connectivity index (χ3v) is 3.65. The molecule has 1 atom stereocenters. The minimum atomic E-state index is -0.716. The summed E-state index contributed by atoms with van der Waals surface area (Å²) in [7, 11) is 0. The van der Waals surface area contributed by atoms with Gasteiger partial charge in [-0.05, 0) is 24.3 Å². The van der Waals surface area contributed by atoms with Crippen LogP contribution in [0.25, 0.3) is 0 Å². The fourth-order valence-corrected chi connectivity index (χ4v) is 2.47. The Balaban J connectivity index is 1.45. The van der Waals surface area contributed by atoms with E-state index in [0.717, 1.165) is 5.76 Å². The molecule has 1 aromatic carbocycles. The van der Waals surface area contributed by atoms with Gasteiger partial charge in [0.05, 0.1) is 12.5 Å². The predicted molar refractivity (Wildman–Crippen MR) is 85.0 cm³/mol. The minimum Gasteiger partial charge on any atom is -0.485 e. The lowest BCUT2D eigenvalue weighted by Crippen LogP contribution is -2.40. The molecule has 1 aliphatic rings.